The van der Waals surface area contributed by atoms with Crippen LogP contribution in [0, 0.1) is 0 Å². The average molecular weight is 265 g/mol. The summed E-state index contributed by atoms with van der Waals surface area (Å²) in [6.07, 6.45) is 2.91. The van der Waals surface area contributed by atoms with Gasteiger partial charge in [-0.1, -0.05) is 13.0 Å². The molecule has 1 fully saturated rings. The monoisotopic (exact) mass is 265 g/mol. The third-order valence-electron chi connectivity index (χ3n) is 3.11. The lowest BCUT2D eigenvalue weighted by Crippen LogP contribution is -2.17. The Morgan fingerprint density at radius 1 is 1.42 bits per heavy atom. The van der Waals surface area contributed by atoms with Crippen molar-refractivity contribution in [1.29, 1.82) is 0 Å². The fourth-order valence-electron chi connectivity index (χ4n) is 2.10. The molecule has 0 spiro atoms. The van der Waals surface area contributed by atoms with Crippen LogP contribution in [0.4, 0.5) is 0 Å². The van der Waals surface area contributed by atoms with Gasteiger partial charge < -0.3 is 19.9 Å². The van der Waals surface area contributed by atoms with E-state index in [1.807, 2.05) is 18.2 Å². The van der Waals surface area contributed by atoms with Gasteiger partial charge in [0.2, 0.25) is 0 Å². The molecule has 0 radical (unpaired) electrons. The second kappa shape index (κ2) is 7.36. The van der Waals surface area contributed by atoms with E-state index in [9.17, 15) is 0 Å². The maximum absolute atomic E-state index is 6.02. The molecule has 106 valence electrons. The number of rotatable bonds is 7. The first-order valence-electron chi connectivity index (χ1n) is 7.03. The molecule has 1 aromatic rings. The van der Waals surface area contributed by atoms with Gasteiger partial charge in [-0.15, -0.1) is 0 Å². The van der Waals surface area contributed by atoms with Crippen LogP contribution in [0.1, 0.15) is 25.3 Å². The molecular weight excluding hydrogens is 242 g/mol. The standard InChI is InChI=1S/C15H23NO3/c1-2-8-18-13-4-3-12(5-7-16)15(10-13)19-14-6-9-17-11-14/h3-4,10,14H,2,5-9,11,16H2,1H3. The fourth-order valence-corrected chi connectivity index (χ4v) is 2.10. The second-order valence-electron chi connectivity index (χ2n) is 4.76. The van der Waals surface area contributed by atoms with Crippen molar-refractivity contribution in [3.05, 3.63) is 23.8 Å². The lowest BCUT2D eigenvalue weighted by Gasteiger charge is -2.17. The van der Waals surface area contributed by atoms with Crippen LogP contribution in [0.5, 0.6) is 11.5 Å². The van der Waals surface area contributed by atoms with Crippen LogP contribution in [0.2, 0.25) is 0 Å². The number of benzene rings is 1. The Labute approximate surface area is 114 Å². The van der Waals surface area contributed by atoms with Crippen molar-refractivity contribution in [3.8, 4) is 11.5 Å². The molecule has 0 aromatic heterocycles. The molecule has 1 saturated heterocycles. The molecule has 1 atom stereocenters. The molecule has 19 heavy (non-hydrogen) atoms. The van der Waals surface area contributed by atoms with Gasteiger partial charge in [0, 0.05) is 12.5 Å². The highest BCUT2D eigenvalue weighted by Gasteiger charge is 2.18. The van der Waals surface area contributed by atoms with Crippen LogP contribution in [0.15, 0.2) is 18.2 Å². The van der Waals surface area contributed by atoms with Crippen molar-refractivity contribution >= 4 is 0 Å². The van der Waals surface area contributed by atoms with E-state index in [1.165, 1.54) is 0 Å². The smallest absolute Gasteiger partial charge is 0.126 e. The number of ether oxygens (including phenoxy) is 3. The minimum absolute atomic E-state index is 0.151. The van der Waals surface area contributed by atoms with Crippen LogP contribution in [0.25, 0.3) is 0 Å². The lowest BCUT2D eigenvalue weighted by molar-refractivity contribution is 0.140. The Bertz CT molecular complexity index is 389. The van der Waals surface area contributed by atoms with E-state index >= 15 is 0 Å². The quantitative estimate of drug-likeness (QED) is 0.820. The largest absolute Gasteiger partial charge is 0.493 e. The molecule has 0 amide bonds. The summed E-state index contributed by atoms with van der Waals surface area (Å²) < 4.78 is 17.0. The summed E-state index contributed by atoms with van der Waals surface area (Å²) in [6.45, 7) is 4.88. The van der Waals surface area contributed by atoms with Crippen LogP contribution in [-0.2, 0) is 11.2 Å². The minimum Gasteiger partial charge on any atom is -0.493 e. The molecule has 1 aromatic carbocycles. The average Bonchev–Trinajstić information content (AvgIpc) is 2.92. The van der Waals surface area contributed by atoms with Crippen molar-refractivity contribution in [2.75, 3.05) is 26.4 Å². The highest BCUT2D eigenvalue weighted by Crippen LogP contribution is 2.27. The van der Waals surface area contributed by atoms with Gasteiger partial charge in [0.15, 0.2) is 0 Å². The van der Waals surface area contributed by atoms with E-state index in [2.05, 4.69) is 6.92 Å². The predicted octanol–water partition coefficient (Wildman–Crippen LogP) is 2.14. The highest BCUT2D eigenvalue weighted by molar-refractivity contribution is 5.41. The van der Waals surface area contributed by atoms with Crippen LogP contribution in [0.3, 0.4) is 0 Å². The summed E-state index contributed by atoms with van der Waals surface area (Å²) in [4.78, 5) is 0. The van der Waals surface area contributed by atoms with Gasteiger partial charge in [-0.3, -0.25) is 0 Å². The van der Waals surface area contributed by atoms with Crippen molar-refractivity contribution in [1.82, 2.24) is 0 Å². The second-order valence-corrected chi connectivity index (χ2v) is 4.76. The third-order valence-corrected chi connectivity index (χ3v) is 3.11. The zero-order valence-corrected chi connectivity index (χ0v) is 11.6. The van der Waals surface area contributed by atoms with Crippen molar-refractivity contribution in [3.63, 3.8) is 0 Å². The van der Waals surface area contributed by atoms with Crippen LogP contribution < -0.4 is 15.2 Å². The van der Waals surface area contributed by atoms with Crippen LogP contribution in [-0.4, -0.2) is 32.5 Å². The topological polar surface area (TPSA) is 53.7 Å². The first kappa shape index (κ1) is 14.2. The molecule has 0 bridgehead atoms. The molecular formula is C15H23NO3. The van der Waals surface area contributed by atoms with Gasteiger partial charge in [-0.05, 0) is 31.0 Å². The van der Waals surface area contributed by atoms with E-state index < -0.39 is 0 Å². The zero-order valence-electron chi connectivity index (χ0n) is 11.6. The summed E-state index contributed by atoms with van der Waals surface area (Å²) in [5, 5.41) is 0. The molecule has 4 heteroatoms. The van der Waals surface area contributed by atoms with Gasteiger partial charge in [0.05, 0.1) is 19.8 Å². The van der Waals surface area contributed by atoms with E-state index in [-0.39, 0.29) is 6.10 Å². The van der Waals surface area contributed by atoms with Gasteiger partial charge in [0.1, 0.15) is 17.6 Å². The normalized spacial score (nSPS) is 18.5. The van der Waals surface area contributed by atoms with Crippen molar-refractivity contribution in [2.45, 2.75) is 32.3 Å². The summed E-state index contributed by atoms with van der Waals surface area (Å²) in [7, 11) is 0. The van der Waals surface area contributed by atoms with E-state index in [4.69, 9.17) is 19.9 Å². The molecule has 0 saturated carbocycles. The molecule has 2 N–H and O–H groups in total. The Morgan fingerprint density at radius 3 is 3.00 bits per heavy atom. The van der Waals surface area contributed by atoms with E-state index in [0.29, 0.717) is 13.2 Å². The Morgan fingerprint density at radius 2 is 2.32 bits per heavy atom. The Balaban J connectivity index is 2.09. The SMILES string of the molecule is CCCOc1ccc(CCN)c(OC2CCOC2)c1. The van der Waals surface area contributed by atoms with Gasteiger partial charge in [0.25, 0.3) is 0 Å². The first-order chi connectivity index (χ1) is 9.33. The fraction of sp³-hybridized carbons (Fsp3) is 0.600. The zero-order chi connectivity index (χ0) is 13.5. The Kier molecular flexibility index (Phi) is 5.48. The summed E-state index contributed by atoms with van der Waals surface area (Å²) in [6, 6.07) is 6.00. The minimum atomic E-state index is 0.151. The van der Waals surface area contributed by atoms with Gasteiger partial charge in [-0.2, -0.15) is 0 Å². The molecule has 1 aliphatic rings. The maximum Gasteiger partial charge on any atom is 0.126 e. The van der Waals surface area contributed by atoms with E-state index in [0.717, 1.165) is 49.5 Å². The first-order valence-corrected chi connectivity index (χ1v) is 7.03. The van der Waals surface area contributed by atoms with Gasteiger partial charge in [-0.25, -0.2) is 0 Å². The van der Waals surface area contributed by atoms with Gasteiger partial charge >= 0.3 is 0 Å². The lowest BCUT2D eigenvalue weighted by atomic mass is 10.1. The molecule has 4 nitrogen and oxygen atoms in total. The molecule has 0 aliphatic carbocycles. The molecule has 2 rings (SSSR count). The molecule has 1 heterocycles. The summed E-state index contributed by atoms with van der Waals surface area (Å²) in [5.41, 5.74) is 6.78. The Hall–Kier alpha value is -1.26. The predicted molar refractivity (Wildman–Crippen MR) is 74.8 cm³/mol. The number of hydrogen-bond donors (Lipinski definition) is 1. The number of nitrogens with two attached hydrogens (primary N) is 1. The van der Waals surface area contributed by atoms with Crippen molar-refractivity contribution < 1.29 is 14.2 Å². The molecule has 1 unspecified atom stereocenters. The molecule has 1 aliphatic heterocycles. The maximum atomic E-state index is 6.02. The third kappa shape index (κ3) is 4.11. The summed E-state index contributed by atoms with van der Waals surface area (Å²) in [5.74, 6) is 1.74. The summed E-state index contributed by atoms with van der Waals surface area (Å²) >= 11 is 0. The van der Waals surface area contributed by atoms with Crippen LogP contribution >= 0.6 is 0 Å². The number of hydrogen-bond acceptors (Lipinski definition) is 4. The van der Waals surface area contributed by atoms with Crippen molar-refractivity contribution in [2.24, 2.45) is 5.73 Å². The van der Waals surface area contributed by atoms with E-state index in [1.54, 1.807) is 0 Å². The highest BCUT2D eigenvalue weighted by atomic mass is 16.5.